The van der Waals surface area contributed by atoms with Gasteiger partial charge in [0, 0.05) is 18.0 Å². The highest BCUT2D eigenvalue weighted by molar-refractivity contribution is 5.88. The fourth-order valence-corrected chi connectivity index (χ4v) is 1.67. The Balaban J connectivity index is 3.07. The van der Waals surface area contributed by atoms with Crippen LogP contribution < -0.4 is 10.6 Å². The molecule has 0 aliphatic carbocycles. The number of rotatable bonds is 3. The zero-order valence-corrected chi connectivity index (χ0v) is 13.4. The quantitative estimate of drug-likeness (QED) is 0.834. The molecule has 1 aromatic heterocycles. The van der Waals surface area contributed by atoms with Crippen LogP contribution >= 0.6 is 0 Å². The van der Waals surface area contributed by atoms with Crippen LogP contribution in [-0.4, -0.2) is 22.4 Å². The Labute approximate surface area is 121 Å². The van der Waals surface area contributed by atoms with Crippen LogP contribution in [0.25, 0.3) is 0 Å². The number of urea groups is 1. The molecule has 0 aromatic carbocycles. The number of amides is 2. The second-order valence-corrected chi connectivity index (χ2v) is 6.87. The molecule has 0 aliphatic heterocycles. The molecule has 112 valence electrons. The number of carbonyl (C=O) groups is 1. The molecular formula is C15H26N4O. The monoisotopic (exact) mass is 278 g/mol. The van der Waals surface area contributed by atoms with Gasteiger partial charge >= 0.3 is 6.03 Å². The van der Waals surface area contributed by atoms with Crippen molar-refractivity contribution >= 4 is 11.8 Å². The first-order valence-corrected chi connectivity index (χ1v) is 6.82. The molecule has 0 spiro atoms. The first-order chi connectivity index (χ1) is 9.05. The molecular weight excluding hydrogens is 252 g/mol. The van der Waals surface area contributed by atoms with Crippen molar-refractivity contribution in [3.05, 3.63) is 24.4 Å². The highest BCUT2D eigenvalue weighted by Gasteiger charge is 2.25. The van der Waals surface area contributed by atoms with Gasteiger partial charge in [0.15, 0.2) is 0 Å². The van der Waals surface area contributed by atoms with Gasteiger partial charge in [0.1, 0.15) is 5.82 Å². The van der Waals surface area contributed by atoms with Gasteiger partial charge in [-0.1, -0.05) is 26.8 Å². The molecule has 0 atom stereocenters. The lowest BCUT2D eigenvalue weighted by Gasteiger charge is -2.23. The number of nitrogens with zero attached hydrogens (tertiary/aromatic N) is 2. The maximum atomic E-state index is 11.8. The van der Waals surface area contributed by atoms with Gasteiger partial charge in [-0.25, -0.2) is 9.48 Å². The molecule has 1 rings (SSSR count). The van der Waals surface area contributed by atoms with Crippen LogP contribution in [0.4, 0.5) is 10.6 Å². The summed E-state index contributed by atoms with van der Waals surface area (Å²) in [7, 11) is 0. The standard InChI is InChI=1S/C15H26N4O/c1-8-9-16-13(20)17-12-10-11(14(2,3)4)18-19(12)15(5,6)7/h8,10H,1,9H2,2-7H3,(H2,16,17,20). The molecule has 5 heteroatoms. The molecule has 20 heavy (non-hydrogen) atoms. The second-order valence-electron chi connectivity index (χ2n) is 6.87. The largest absolute Gasteiger partial charge is 0.334 e. The van der Waals surface area contributed by atoms with Crippen LogP contribution in [0, 0.1) is 0 Å². The summed E-state index contributed by atoms with van der Waals surface area (Å²) in [5.41, 5.74) is 0.682. The van der Waals surface area contributed by atoms with Gasteiger partial charge < -0.3 is 5.32 Å². The van der Waals surface area contributed by atoms with Crippen LogP contribution in [0.3, 0.4) is 0 Å². The summed E-state index contributed by atoms with van der Waals surface area (Å²) in [6.07, 6.45) is 1.64. The maximum absolute atomic E-state index is 11.8. The Hall–Kier alpha value is -1.78. The average molecular weight is 278 g/mol. The predicted octanol–water partition coefficient (Wildman–Crippen LogP) is 3.24. The van der Waals surface area contributed by atoms with Crippen molar-refractivity contribution in [2.75, 3.05) is 11.9 Å². The lowest BCUT2D eigenvalue weighted by molar-refractivity contribution is 0.252. The highest BCUT2D eigenvalue weighted by Crippen LogP contribution is 2.28. The van der Waals surface area contributed by atoms with Crippen molar-refractivity contribution < 1.29 is 4.79 Å². The fourth-order valence-electron chi connectivity index (χ4n) is 1.67. The molecule has 0 fully saturated rings. The molecule has 1 heterocycles. The van der Waals surface area contributed by atoms with E-state index in [0.717, 1.165) is 5.69 Å². The smallest absolute Gasteiger partial charge is 0.320 e. The van der Waals surface area contributed by atoms with Crippen molar-refractivity contribution in [1.29, 1.82) is 0 Å². The molecule has 1 aromatic rings. The number of anilines is 1. The topological polar surface area (TPSA) is 59.0 Å². The molecule has 0 unspecified atom stereocenters. The van der Waals surface area contributed by atoms with E-state index in [9.17, 15) is 4.79 Å². The Morgan fingerprint density at radius 1 is 1.35 bits per heavy atom. The summed E-state index contributed by atoms with van der Waals surface area (Å²) in [6, 6.07) is 1.68. The first-order valence-electron chi connectivity index (χ1n) is 6.82. The van der Waals surface area contributed by atoms with Crippen LogP contribution in [0.2, 0.25) is 0 Å². The van der Waals surface area contributed by atoms with E-state index in [-0.39, 0.29) is 17.0 Å². The molecule has 0 aliphatic rings. The van der Waals surface area contributed by atoms with Gasteiger partial charge in [-0.15, -0.1) is 6.58 Å². The zero-order chi connectivity index (χ0) is 15.6. The van der Waals surface area contributed by atoms with Crippen molar-refractivity contribution in [2.24, 2.45) is 0 Å². The number of carbonyl (C=O) groups excluding carboxylic acids is 1. The van der Waals surface area contributed by atoms with Gasteiger partial charge in [-0.05, 0) is 20.8 Å². The van der Waals surface area contributed by atoms with Crippen molar-refractivity contribution in [2.45, 2.75) is 52.5 Å². The molecule has 0 radical (unpaired) electrons. The fraction of sp³-hybridized carbons (Fsp3) is 0.600. The molecule has 0 saturated carbocycles. The summed E-state index contributed by atoms with van der Waals surface area (Å²) >= 11 is 0. The van der Waals surface area contributed by atoms with E-state index in [1.165, 1.54) is 0 Å². The minimum Gasteiger partial charge on any atom is -0.334 e. The van der Waals surface area contributed by atoms with E-state index in [2.05, 4.69) is 63.9 Å². The summed E-state index contributed by atoms with van der Waals surface area (Å²) in [4.78, 5) is 11.8. The molecule has 0 bridgehead atoms. The third-order valence-corrected chi connectivity index (χ3v) is 2.76. The number of nitrogens with one attached hydrogen (secondary N) is 2. The SMILES string of the molecule is C=CCNC(=O)Nc1cc(C(C)(C)C)nn1C(C)(C)C. The maximum Gasteiger partial charge on any atom is 0.320 e. The molecule has 5 nitrogen and oxygen atoms in total. The Bertz CT molecular complexity index is 489. The van der Waals surface area contributed by atoms with Crippen LogP contribution in [0.15, 0.2) is 18.7 Å². The Morgan fingerprint density at radius 3 is 2.40 bits per heavy atom. The van der Waals surface area contributed by atoms with Crippen LogP contribution in [-0.2, 0) is 11.0 Å². The van der Waals surface area contributed by atoms with E-state index in [4.69, 9.17) is 0 Å². The summed E-state index contributed by atoms with van der Waals surface area (Å²) in [5.74, 6) is 0.698. The Morgan fingerprint density at radius 2 is 1.95 bits per heavy atom. The predicted molar refractivity (Wildman–Crippen MR) is 83.1 cm³/mol. The summed E-state index contributed by atoms with van der Waals surface area (Å²) in [5, 5.41) is 10.2. The molecule has 2 amide bonds. The van der Waals surface area contributed by atoms with Crippen molar-refractivity contribution in [1.82, 2.24) is 15.1 Å². The van der Waals surface area contributed by atoms with E-state index in [1.807, 2.05) is 10.7 Å². The van der Waals surface area contributed by atoms with Gasteiger partial charge in [0.05, 0.1) is 11.2 Å². The van der Waals surface area contributed by atoms with Crippen molar-refractivity contribution in [3.63, 3.8) is 0 Å². The van der Waals surface area contributed by atoms with Gasteiger partial charge in [0.25, 0.3) is 0 Å². The Kier molecular flexibility index (Phi) is 4.63. The minimum absolute atomic E-state index is 0.0650. The average Bonchev–Trinajstić information content (AvgIpc) is 2.69. The second kappa shape index (κ2) is 5.69. The highest BCUT2D eigenvalue weighted by atomic mass is 16.2. The van der Waals surface area contributed by atoms with E-state index >= 15 is 0 Å². The number of hydrogen-bond donors (Lipinski definition) is 2. The minimum atomic E-state index is -0.254. The van der Waals surface area contributed by atoms with Crippen LogP contribution in [0.1, 0.15) is 47.2 Å². The van der Waals surface area contributed by atoms with Gasteiger partial charge in [-0.3, -0.25) is 5.32 Å². The first kappa shape index (κ1) is 16.3. The normalized spacial score (nSPS) is 12.1. The zero-order valence-electron chi connectivity index (χ0n) is 13.4. The molecule has 0 saturated heterocycles. The molecule has 2 N–H and O–H groups in total. The van der Waals surface area contributed by atoms with Gasteiger partial charge in [-0.2, -0.15) is 5.10 Å². The lowest BCUT2D eigenvalue weighted by atomic mass is 9.92. The number of hydrogen-bond acceptors (Lipinski definition) is 2. The number of aromatic nitrogens is 2. The summed E-state index contributed by atoms with van der Waals surface area (Å²) < 4.78 is 1.85. The van der Waals surface area contributed by atoms with E-state index < -0.39 is 0 Å². The van der Waals surface area contributed by atoms with Crippen LogP contribution in [0.5, 0.6) is 0 Å². The third-order valence-electron chi connectivity index (χ3n) is 2.76. The van der Waals surface area contributed by atoms with E-state index in [0.29, 0.717) is 12.4 Å². The van der Waals surface area contributed by atoms with Gasteiger partial charge in [0.2, 0.25) is 0 Å². The summed E-state index contributed by atoms with van der Waals surface area (Å²) in [6.45, 7) is 16.5. The lowest BCUT2D eigenvalue weighted by Crippen LogP contribution is -2.32. The van der Waals surface area contributed by atoms with Crippen molar-refractivity contribution in [3.8, 4) is 0 Å². The van der Waals surface area contributed by atoms with E-state index in [1.54, 1.807) is 6.08 Å². The third kappa shape index (κ3) is 4.11.